The predicted octanol–water partition coefficient (Wildman–Crippen LogP) is 5.42. The smallest absolute Gasteiger partial charge is 0.161 e. The number of nitrogens with zero attached hydrogens (tertiary/aromatic N) is 2. The van der Waals surface area contributed by atoms with Crippen LogP contribution >= 0.6 is 11.6 Å². The maximum absolute atomic E-state index is 10.3. The number of phenols is 1. The highest BCUT2D eigenvalue weighted by molar-refractivity contribution is 6.30. The van der Waals surface area contributed by atoms with E-state index in [9.17, 15) is 5.11 Å². The molecule has 0 spiro atoms. The Kier molecular flexibility index (Phi) is 5.32. The van der Waals surface area contributed by atoms with Gasteiger partial charge in [-0.3, -0.25) is 5.01 Å². The minimum absolute atomic E-state index is 0.0643. The Bertz CT molecular complexity index is 1050. The van der Waals surface area contributed by atoms with Crippen molar-refractivity contribution in [1.29, 1.82) is 0 Å². The monoisotopic (exact) mass is 408 g/mol. The van der Waals surface area contributed by atoms with Crippen molar-refractivity contribution in [3.8, 4) is 17.2 Å². The number of halogens is 1. The predicted molar refractivity (Wildman–Crippen MR) is 115 cm³/mol. The molecule has 0 amide bonds. The summed E-state index contributed by atoms with van der Waals surface area (Å²) in [4.78, 5) is 0. The second-order valence-corrected chi connectivity index (χ2v) is 7.16. The van der Waals surface area contributed by atoms with Crippen LogP contribution in [0.3, 0.4) is 0 Å². The van der Waals surface area contributed by atoms with Crippen molar-refractivity contribution in [2.75, 3.05) is 19.2 Å². The van der Waals surface area contributed by atoms with E-state index in [0.29, 0.717) is 22.9 Å². The molecule has 0 radical (unpaired) electrons. The van der Waals surface area contributed by atoms with E-state index in [-0.39, 0.29) is 11.8 Å². The molecule has 3 aromatic carbocycles. The first-order valence-electron chi connectivity index (χ1n) is 9.23. The molecule has 1 aliphatic rings. The second kappa shape index (κ2) is 8.05. The van der Waals surface area contributed by atoms with Crippen molar-refractivity contribution in [3.05, 3.63) is 82.9 Å². The Morgan fingerprint density at radius 1 is 0.966 bits per heavy atom. The van der Waals surface area contributed by atoms with Gasteiger partial charge in [-0.05, 0) is 54.1 Å². The molecule has 0 saturated carbocycles. The van der Waals surface area contributed by atoms with Gasteiger partial charge >= 0.3 is 0 Å². The van der Waals surface area contributed by atoms with Gasteiger partial charge in [0.15, 0.2) is 11.5 Å². The zero-order valence-corrected chi connectivity index (χ0v) is 16.9. The molecule has 1 unspecified atom stereocenters. The first kappa shape index (κ1) is 19.2. The molecule has 148 valence electrons. The maximum atomic E-state index is 10.3. The minimum Gasteiger partial charge on any atom is -0.507 e. The molecule has 0 bridgehead atoms. The summed E-state index contributed by atoms with van der Waals surface area (Å²) in [6.45, 7) is 0. The van der Waals surface area contributed by atoms with E-state index < -0.39 is 0 Å². The topological polar surface area (TPSA) is 54.3 Å². The van der Waals surface area contributed by atoms with Crippen LogP contribution in [0.15, 0.2) is 71.8 Å². The van der Waals surface area contributed by atoms with Gasteiger partial charge < -0.3 is 14.6 Å². The molecule has 1 N–H and O–H groups in total. The van der Waals surface area contributed by atoms with Crippen molar-refractivity contribution in [1.82, 2.24) is 0 Å². The van der Waals surface area contributed by atoms with E-state index in [4.69, 9.17) is 26.2 Å². The van der Waals surface area contributed by atoms with Crippen molar-refractivity contribution in [2.24, 2.45) is 5.10 Å². The number of aromatic hydroxyl groups is 1. The zero-order chi connectivity index (χ0) is 20.4. The van der Waals surface area contributed by atoms with Gasteiger partial charge in [-0.2, -0.15) is 5.10 Å². The van der Waals surface area contributed by atoms with Crippen LogP contribution in [0.2, 0.25) is 5.02 Å². The van der Waals surface area contributed by atoms with E-state index in [0.717, 1.165) is 22.5 Å². The Balaban J connectivity index is 1.78. The number of methoxy groups -OCH3 is 2. The summed E-state index contributed by atoms with van der Waals surface area (Å²) in [6, 6.07) is 20.6. The van der Waals surface area contributed by atoms with Crippen molar-refractivity contribution in [3.63, 3.8) is 0 Å². The third kappa shape index (κ3) is 3.74. The molecular weight excluding hydrogens is 388 g/mol. The van der Waals surface area contributed by atoms with Gasteiger partial charge in [0.1, 0.15) is 5.75 Å². The van der Waals surface area contributed by atoms with Gasteiger partial charge in [-0.1, -0.05) is 29.8 Å². The summed E-state index contributed by atoms with van der Waals surface area (Å²) in [5, 5.41) is 17.8. The van der Waals surface area contributed by atoms with E-state index >= 15 is 0 Å². The van der Waals surface area contributed by atoms with E-state index in [2.05, 4.69) is 0 Å². The zero-order valence-electron chi connectivity index (χ0n) is 16.2. The van der Waals surface area contributed by atoms with Gasteiger partial charge in [0.2, 0.25) is 0 Å². The highest BCUT2D eigenvalue weighted by atomic mass is 35.5. The summed E-state index contributed by atoms with van der Waals surface area (Å²) in [7, 11) is 3.24. The van der Waals surface area contributed by atoms with Crippen LogP contribution in [0.5, 0.6) is 17.2 Å². The van der Waals surface area contributed by atoms with Gasteiger partial charge in [0.05, 0.1) is 31.7 Å². The van der Waals surface area contributed by atoms with Crippen LogP contribution in [0.4, 0.5) is 5.69 Å². The van der Waals surface area contributed by atoms with E-state index in [1.165, 1.54) is 0 Å². The molecule has 29 heavy (non-hydrogen) atoms. The van der Waals surface area contributed by atoms with Crippen LogP contribution in [0.1, 0.15) is 23.6 Å². The van der Waals surface area contributed by atoms with Gasteiger partial charge in [-0.25, -0.2) is 0 Å². The highest BCUT2D eigenvalue weighted by Crippen LogP contribution is 2.40. The lowest BCUT2D eigenvalue weighted by atomic mass is 9.97. The van der Waals surface area contributed by atoms with Crippen LogP contribution in [0, 0.1) is 0 Å². The van der Waals surface area contributed by atoms with Crippen molar-refractivity contribution >= 4 is 23.0 Å². The van der Waals surface area contributed by atoms with Gasteiger partial charge in [-0.15, -0.1) is 0 Å². The lowest BCUT2D eigenvalue weighted by molar-refractivity contribution is 0.354. The third-order valence-corrected chi connectivity index (χ3v) is 5.26. The van der Waals surface area contributed by atoms with E-state index in [1.807, 2.05) is 59.6 Å². The molecule has 5 nitrogen and oxygen atoms in total. The average molecular weight is 409 g/mol. The fourth-order valence-corrected chi connectivity index (χ4v) is 3.67. The van der Waals surface area contributed by atoms with Gasteiger partial charge in [0.25, 0.3) is 0 Å². The highest BCUT2D eigenvalue weighted by Gasteiger charge is 2.31. The number of rotatable bonds is 5. The molecule has 6 heteroatoms. The summed E-state index contributed by atoms with van der Waals surface area (Å²) in [6.07, 6.45) is 0.635. The number of para-hydroxylation sites is 1. The molecule has 0 aliphatic carbocycles. The number of anilines is 1. The number of hydrogen-bond donors (Lipinski definition) is 1. The molecule has 1 aliphatic heterocycles. The average Bonchev–Trinajstić information content (AvgIpc) is 3.19. The molecule has 0 fully saturated rings. The molecule has 3 aromatic rings. The second-order valence-electron chi connectivity index (χ2n) is 6.72. The lowest BCUT2D eigenvalue weighted by Gasteiger charge is -2.24. The summed E-state index contributed by atoms with van der Waals surface area (Å²) in [5.41, 5.74) is 3.50. The largest absolute Gasteiger partial charge is 0.507 e. The molecular formula is C23H21ClN2O3. The normalized spacial score (nSPS) is 15.9. The van der Waals surface area contributed by atoms with Crippen LogP contribution in [0.25, 0.3) is 0 Å². The Labute approximate surface area is 174 Å². The quantitative estimate of drug-likeness (QED) is 0.612. The number of ether oxygens (including phenoxy) is 2. The molecule has 1 heterocycles. The number of phenolic OH excluding ortho intramolecular Hbond substituents is 1. The van der Waals surface area contributed by atoms with Crippen LogP contribution in [-0.4, -0.2) is 25.0 Å². The summed E-state index contributed by atoms with van der Waals surface area (Å²) >= 11 is 6.07. The fraction of sp³-hybridized carbons (Fsp3) is 0.174. The lowest BCUT2D eigenvalue weighted by Crippen LogP contribution is -2.18. The maximum Gasteiger partial charge on any atom is 0.161 e. The van der Waals surface area contributed by atoms with Crippen LogP contribution < -0.4 is 14.5 Å². The summed E-state index contributed by atoms with van der Waals surface area (Å²) < 4.78 is 10.9. The Hall–Kier alpha value is -3.18. The van der Waals surface area contributed by atoms with Crippen LogP contribution in [-0.2, 0) is 0 Å². The molecule has 0 aromatic heterocycles. The summed E-state index contributed by atoms with van der Waals surface area (Å²) in [5.74, 6) is 1.56. The molecule has 1 atom stereocenters. The number of benzene rings is 3. The first-order valence-corrected chi connectivity index (χ1v) is 9.61. The SMILES string of the molecule is COc1ccc(C2CC(c3ccccc3O)=NN2c2ccc(Cl)cc2)cc1OC. The van der Waals surface area contributed by atoms with Crippen molar-refractivity contribution in [2.45, 2.75) is 12.5 Å². The standard InChI is InChI=1S/C23H21ClN2O3/c1-28-22-12-7-15(13-23(22)29-2)20-14-19(18-5-3-4-6-21(18)27)25-26(20)17-10-8-16(24)9-11-17/h3-13,20,27H,14H2,1-2H3. The third-order valence-electron chi connectivity index (χ3n) is 5.01. The Morgan fingerprint density at radius 2 is 1.69 bits per heavy atom. The molecule has 0 saturated heterocycles. The van der Waals surface area contributed by atoms with Crippen molar-refractivity contribution < 1.29 is 14.6 Å². The Morgan fingerprint density at radius 3 is 2.38 bits per heavy atom. The number of hydrazone groups is 1. The first-order chi connectivity index (χ1) is 14.1. The fourth-order valence-electron chi connectivity index (χ4n) is 3.54. The molecule has 4 rings (SSSR count). The van der Waals surface area contributed by atoms with Gasteiger partial charge in [0, 0.05) is 17.0 Å². The number of hydrogen-bond acceptors (Lipinski definition) is 5. The minimum atomic E-state index is -0.0643. The van der Waals surface area contributed by atoms with E-state index in [1.54, 1.807) is 26.4 Å².